The Balaban J connectivity index is 0.000000495. The molecular weight excluding hydrogens is 720 g/mol. The minimum Gasteiger partial charge on any atom is -0.465 e. The minimum atomic E-state index is -2.84. The second-order valence-corrected chi connectivity index (χ2v) is 17.2. The zero-order valence-corrected chi connectivity index (χ0v) is 32.3. The van der Waals surface area contributed by atoms with Crippen LogP contribution >= 0.6 is 11.3 Å². The Bertz CT molecular complexity index is 2120. The van der Waals surface area contributed by atoms with E-state index in [0.29, 0.717) is 53.8 Å². The van der Waals surface area contributed by atoms with E-state index < -0.39 is 21.5 Å². The minimum absolute atomic E-state index is 0.0111. The summed E-state index contributed by atoms with van der Waals surface area (Å²) in [5, 5.41) is 9.27. The van der Waals surface area contributed by atoms with E-state index in [1.54, 1.807) is 27.8 Å². The lowest BCUT2D eigenvalue weighted by Crippen LogP contribution is -2.36. The predicted molar refractivity (Wildman–Crippen MR) is 205 cm³/mol. The largest absolute Gasteiger partial charge is 0.465 e. The van der Waals surface area contributed by atoms with Crippen LogP contribution < -0.4 is 16.2 Å². The lowest BCUT2D eigenvalue weighted by Gasteiger charge is -2.26. The summed E-state index contributed by atoms with van der Waals surface area (Å²) in [5.41, 5.74) is 13.6. The van der Waals surface area contributed by atoms with E-state index in [0.717, 1.165) is 29.5 Å². The number of nitrogens with two attached hydrogens (primary N) is 2. The van der Waals surface area contributed by atoms with Crippen molar-refractivity contribution in [3.8, 4) is 11.3 Å². The second kappa shape index (κ2) is 17.9. The number of hydrogen-bond donors (Lipinski definition) is 3. The predicted octanol–water partition coefficient (Wildman–Crippen LogP) is 5.57. The fraction of sp³-hybridized carbons (Fsp3) is 0.432. The number of hydrogen-bond acceptors (Lipinski definition) is 11. The SMILES string of the molecule is CC(C)CCOC(C)(C)CN.CS(=N)(=O)CCn1c(C(=O)N2CC=C(c3cnc(OCc4ccc(C#N)cc4F)s3)CC2)nc2ccc(C(N)=O)cc21. The van der Waals surface area contributed by atoms with Crippen molar-refractivity contribution < 1.29 is 27.7 Å². The van der Waals surface area contributed by atoms with Crippen LogP contribution in [0.5, 0.6) is 5.19 Å². The van der Waals surface area contributed by atoms with Gasteiger partial charge in [0.05, 0.1) is 33.1 Å². The number of benzene rings is 2. The lowest BCUT2D eigenvalue weighted by atomic mass is 10.1. The number of nitrogens with one attached hydrogen (secondary N) is 1. The number of amides is 2. The van der Waals surface area contributed by atoms with Crippen molar-refractivity contribution in [2.75, 3.05) is 38.2 Å². The summed E-state index contributed by atoms with van der Waals surface area (Å²) in [7, 11) is -2.84. The van der Waals surface area contributed by atoms with Crippen molar-refractivity contribution in [3.63, 3.8) is 0 Å². The molecule has 5 N–H and O–H groups in total. The van der Waals surface area contributed by atoms with Gasteiger partial charge >= 0.3 is 0 Å². The maximum absolute atomic E-state index is 14.2. The molecule has 0 saturated carbocycles. The Hall–Kier alpha value is -4.69. The molecule has 1 aliphatic rings. The van der Waals surface area contributed by atoms with Crippen LogP contribution in [0.15, 0.2) is 48.7 Å². The normalized spacial score (nSPS) is 14.2. The average molecular weight is 767 g/mol. The van der Waals surface area contributed by atoms with Gasteiger partial charge in [0.15, 0.2) is 5.82 Å². The Kier molecular flexibility index (Phi) is 13.9. The number of imidazole rings is 1. The molecule has 0 saturated heterocycles. The third-order valence-electron chi connectivity index (χ3n) is 8.44. The van der Waals surface area contributed by atoms with E-state index in [9.17, 15) is 18.2 Å². The molecule has 0 bridgehead atoms. The molecule has 0 spiro atoms. The quantitative estimate of drug-likeness (QED) is 0.147. The Labute approximate surface area is 313 Å². The molecule has 16 heteroatoms. The van der Waals surface area contributed by atoms with Gasteiger partial charge in [0.2, 0.25) is 5.91 Å². The highest BCUT2D eigenvalue weighted by Crippen LogP contribution is 2.32. The highest BCUT2D eigenvalue weighted by Gasteiger charge is 2.26. The summed E-state index contributed by atoms with van der Waals surface area (Å²) in [6.07, 6.45) is 6.61. The van der Waals surface area contributed by atoms with Gasteiger partial charge in [-0.3, -0.25) is 18.6 Å². The summed E-state index contributed by atoms with van der Waals surface area (Å²) in [5.74, 6) is -0.608. The molecule has 2 amide bonds. The number of carbonyl (C=O) groups excluding carboxylic acids is 2. The first-order chi connectivity index (χ1) is 25.0. The van der Waals surface area contributed by atoms with Gasteiger partial charge in [-0.1, -0.05) is 37.3 Å². The third-order valence-corrected chi connectivity index (χ3v) is 10.4. The summed E-state index contributed by atoms with van der Waals surface area (Å²) in [6.45, 7) is 10.7. The van der Waals surface area contributed by atoms with Crippen LogP contribution in [0.3, 0.4) is 0 Å². The fourth-order valence-electron chi connectivity index (χ4n) is 5.13. The summed E-state index contributed by atoms with van der Waals surface area (Å²) in [4.78, 5) is 36.6. The van der Waals surface area contributed by atoms with Crippen molar-refractivity contribution in [1.29, 1.82) is 10.0 Å². The molecule has 53 heavy (non-hydrogen) atoms. The van der Waals surface area contributed by atoms with E-state index in [1.807, 2.05) is 26.0 Å². The standard InChI is InChI=1S/C28H26FN7O4S2.C9H21NO/c1-42(32,39)11-10-36-23-13-19(25(31)37)4-5-22(23)34-26(36)27(38)35-8-6-18(7-9-35)24-15-33-28(41-24)40-16-20-3-2-17(14-30)12-21(20)29;1-8(2)5-6-11-9(3,4)7-10/h2-6,12-13,15,32H,7-11,16H2,1H3,(H2,31,37);8H,5-7,10H2,1-4H3. The summed E-state index contributed by atoms with van der Waals surface area (Å²) >= 11 is 1.32. The van der Waals surface area contributed by atoms with Gasteiger partial charge in [0.1, 0.15) is 12.4 Å². The van der Waals surface area contributed by atoms with Crippen molar-refractivity contribution in [2.24, 2.45) is 17.4 Å². The first-order valence-corrected chi connectivity index (χ1v) is 20.1. The average Bonchev–Trinajstić information content (AvgIpc) is 3.74. The number of carbonyl (C=O) groups is 2. The number of ether oxygens (including phenoxy) is 2. The Morgan fingerprint density at radius 2 is 1.98 bits per heavy atom. The fourth-order valence-corrected chi connectivity index (χ4v) is 6.49. The Morgan fingerprint density at radius 1 is 1.23 bits per heavy atom. The van der Waals surface area contributed by atoms with E-state index in [4.69, 9.17) is 31.0 Å². The van der Waals surface area contributed by atoms with E-state index in [-0.39, 0.29) is 47.4 Å². The number of primary amides is 1. The third kappa shape index (κ3) is 11.6. The zero-order valence-electron chi connectivity index (χ0n) is 30.7. The maximum atomic E-state index is 14.2. The summed E-state index contributed by atoms with van der Waals surface area (Å²) < 4.78 is 46.9. The number of fused-ring (bicyclic) bond motifs is 1. The van der Waals surface area contributed by atoms with Gasteiger partial charge < -0.3 is 30.4 Å². The van der Waals surface area contributed by atoms with E-state index in [1.165, 1.54) is 35.8 Å². The lowest BCUT2D eigenvalue weighted by molar-refractivity contribution is -0.0150. The number of nitriles is 1. The van der Waals surface area contributed by atoms with E-state index in [2.05, 4.69) is 23.8 Å². The molecule has 2 aromatic heterocycles. The number of aryl methyl sites for hydroxylation is 1. The molecule has 0 fully saturated rings. The van der Waals surface area contributed by atoms with Crippen molar-refractivity contribution in [2.45, 2.75) is 59.3 Å². The number of halogens is 1. The van der Waals surface area contributed by atoms with E-state index >= 15 is 0 Å². The van der Waals surface area contributed by atoms with Crippen LogP contribution in [-0.4, -0.2) is 79.3 Å². The van der Waals surface area contributed by atoms with Gasteiger partial charge in [-0.15, -0.1) is 0 Å². The topological polar surface area (TPSA) is 203 Å². The smallest absolute Gasteiger partial charge is 0.290 e. The van der Waals surface area contributed by atoms with Crippen LogP contribution in [0, 0.1) is 27.8 Å². The van der Waals surface area contributed by atoms with Crippen molar-refractivity contribution in [1.82, 2.24) is 19.4 Å². The monoisotopic (exact) mass is 766 g/mol. The second-order valence-electron chi connectivity index (χ2n) is 13.8. The molecule has 3 heterocycles. The molecule has 1 aliphatic heterocycles. The number of nitrogens with zero attached hydrogens (tertiary/aromatic N) is 5. The van der Waals surface area contributed by atoms with Crippen LogP contribution in [0.2, 0.25) is 0 Å². The highest BCUT2D eigenvalue weighted by atomic mass is 32.2. The van der Waals surface area contributed by atoms with Gasteiger partial charge in [-0.05, 0) is 68.5 Å². The summed E-state index contributed by atoms with van der Waals surface area (Å²) in [6, 6.07) is 10.8. The van der Waals surface area contributed by atoms with Gasteiger partial charge in [-0.25, -0.2) is 14.4 Å². The van der Waals surface area contributed by atoms with Crippen molar-refractivity contribution in [3.05, 3.63) is 81.9 Å². The molecule has 284 valence electrons. The van der Waals surface area contributed by atoms with Crippen molar-refractivity contribution >= 4 is 49.5 Å². The maximum Gasteiger partial charge on any atom is 0.290 e. The van der Waals surface area contributed by atoms with Crippen LogP contribution in [0.4, 0.5) is 4.39 Å². The first kappa shape index (κ1) is 41.1. The van der Waals surface area contributed by atoms with Gasteiger partial charge in [0, 0.05) is 71.8 Å². The Morgan fingerprint density at radius 3 is 2.58 bits per heavy atom. The molecule has 0 aliphatic carbocycles. The molecule has 4 aromatic rings. The molecule has 0 radical (unpaired) electrons. The molecule has 1 atom stereocenters. The first-order valence-electron chi connectivity index (χ1n) is 17.1. The van der Waals surface area contributed by atoms with Gasteiger partial charge in [0.25, 0.3) is 11.1 Å². The number of aromatic nitrogens is 3. The number of thiazole rings is 1. The van der Waals surface area contributed by atoms with Crippen LogP contribution in [-0.2, 0) is 27.6 Å². The zero-order chi connectivity index (χ0) is 38.9. The van der Waals surface area contributed by atoms with Crippen LogP contribution in [0.1, 0.15) is 77.5 Å². The highest BCUT2D eigenvalue weighted by molar-refractivity contribution is 7.91. The molecule has 2 aromatic carbocycles. The molecule has 1 unspecified atom stereocenters. The molecule has 13 nitrogen and oxygen atoms in total. The molecule has 5 rings (SSSR count). The number of rotatable bonds is 14. The van der Waals surface area contributed by atoms with Gasteiger partial charge in [-0.2, -0.15) is 5.26 Å². The van der Waals surface area contributed by atoms with Crippen LogP contribution in [0.25, 0.3) is 16.6 Å². The molecular formula is C37H47FN8O5S2.